The molecular formula is C29H39ClN2O2. The molecule has 2 heterocycles. The van der Waals surface area contributed by atoms with Gasteiger partial charge in [-0.15, -0.1) is 0 Å². The number of carbonyl (C=O) groups is 1. The summed E-state index contributed by atoms with van der Waals surface area (Å²) in [7, 11) is 0. The van der Waals surface area contributed by atoms with Crippen LogP contribution in [0.4, 0.5) is 0 Å². The van der Waals surface area contributed by atoms with E-state index in [1.807, 2.05) is 17.0 Å². The molecule has 1 saturated heterocycles. The Labute approximate surface area is 210 Å². The minimum absolute atomic E-state index is 0.132. The summed E-state index contributed by atoms with van der Waals surface area (Å²) in [6.45, 7) is 7.86. The van der Waals surface area contributed by atoms with E-state index < -0.39 is 0 Å². The van der Waals surface area contributed by atoms with Crippen LogP contribution >= 0.6 is 11.6 Å². The quantitative estimate of drug-likeness (QED) is 0.500. The van der Waals surface area contributed by atoms with Crippen LogP contribution in [0.15, 0.2) is 48.5 Å². The number of para-hydroxylation sites is 1. The third kappa shape index (κ3) is 6.55. The lowest BCUT2D eigenvalue weighted by Crippen LogP contribution is -2.48. The minimum atomic E-state index is 0.132. The number of halogens is 1. The van der Waals surface area contributed by atoms with Crippen molar-refractivity contribution in [3.05, 3.63) is 64.7 Å². The average molecular weight is 483 g/mol. The van der Waals surface area contributed by atoms with Crippen LogP contribution in [0.25, 0.3) is 0 Å². The average Bonchev–Trinajstić information content (AvgIpc) is 2.86. The molecule has 0 radical (unpaired) electrons. The Hall–Kier alpha value is -2.04. The van der Waals surface area contributed by atoms with E-state index in [0.717, 1.165) is 69.9 Å². The Morgan fingerprint density at radius 3 is 2.53 bits per heavy atom. The zero-order valence-electron chi connectivity index (χ0n) is 20.6. The fraction of sp³-hybridized carbons (Fsp3) is 0.552. The molecule has 0 bridgehead atoms. The number of unbranched alkanes of at least 4 members (excludes halogenated alkanes) is 1. The van der Waals surface area contributed by atoms with Gasteiger partial charge >= 0.3 is 0 Å². The molecule has 2 aromatic rings. The number of hydrogen-bond donors (Lipinski definition) is 0. The molecule has 4 rings (SSSR count). The molecule has 0 saturated carbocycles. The highest BCUT2D eigenvalue weighted by Crippen LogP contribution is 2.39. The second-order valence-electron chi connectivity index (χ2n) is 10.1. The molecule has 1 fully saturated rings. The third-order valence-electron chi connectivity index (χ3n) is 7.63. The maximum Gasteiger partial charge on any atom is 0.253 e. The number of aryl methyl sites for hydroxylation is 1. The van der Waals surface area contributed by atoms with Gasteiger partial charge in [0.25, 0.3) is 5.91 Å². The van der Waals surface area contributed by atoms with Crippen molar-refractivity contribution in [1.29, 1.82) is 0 Å². The Morgan fingerprint density at radius 1 is 1.00 bits per heavy atom. The monoisotopic (exact) mass is 482 g/mol. The summed E-state index contributed by atoms with van der Waals surface area (Å²) < 4.78 is 6.25. The van der Waals surface area contributed by atoms with Gasteiger partial charge in [-0.25, -0.2) is 0 Å². The molecule has 0 aliphatic carbocycles. The number of nitrogens with zero attached hydrogens (tertiary/aromatic N) is 2. The number of amides is 1. The van der Waals surface area contributed by atoms with Gasteiger partial charge in [-0.1, -0.05) is 49.6 Å². The summed E-state index contributed by atoms with van der Waals surface area (Å²) in [5, 5.41) is 0.668. The van der Waals surface area contributed by atoms with E-state index in [0.29, 0.717) is 5.02 Å². The first-order chi connectivity index (χ1) is 16.6. The molecule has 0 atom stereocenters. The lowest BCUT2D eigenvalue weighted by Gasteiger charge is -2.45. The number of likely N-dealkylation sites (tertiary alicyclic amines) is 1. The van der Waals surface area contributed by atoms with Gasteiger partial charge in [0, 0.05) is 36.8 Å². The van der Waals surface area contributed by atoms with Crippen LogP contribution in [0, 0.1) is 5.41 Å². The number of benzene rings is 2. The summed E-state index contributed by atoms with van der Waals surface area (Å²) in [5.41, 5.74) is 2.35. The first-order valence-electron chi connectivity index (χ1n) is 13.1. The SMILES string of the molecule is CCCCN1CCOc2ccccc2CCCCC2(CCN(C(=O)c3ccc(Cl)cc3)CC2)C1. The fourth-order valence-electron chi connectivity index (χ4n) is 5.52. The zero-order chi connectivity index (χ0) is 23.8. The topological polar surface area (TPSA) is 32.8 Å². The maximum absolute atomic E-state index is 13.1. The molecule has 0 unspecified atom stereocenters. The molecule has 2 aromatic carbocycles. The smallest absolute Gasteiger partial charge is 0.253 e. The molecule has 1 spiro atoms. The van der Waals surface area contributed by atoms with Crippen molar-refractivity contribution in [2.45, 2.75) is 58.3 Å². The van der Waals surface area contributed by atoms with Gasteiger partial charge < -0.3 is 9.64 Å². The number of carbonyl (C=O) groups excluding carboxylic acids is 1. The number of rotatable bonds is 4. The minimum Gasteiger partial charge on any atom is -0.492 e. The molecule has 0 aromatic heterocycles. The van der Waals surface area contributed by atoms with Gasteiger partial charge in [0.05, 0.1) is 0 Å². The van der Waals surface area contributed by atoms with Gasteiger partial charge in [0.2, 0.25) is 0 Å². The lowest BCUT2D eigenvalue weighted by molar-refractivity contribution is 0.0375. The van der Waals surface area contributed by atoms with Crippen LogP contribution in [-0.2, 0) is 6.42 Å². The molecule has 5 heteroatoms. The van der Waals surface area contributed by atoms with E-state index in [9.17, 15) is 4.79 Å². The van der Waals surface area contributed by atoms with Crippen molar-refractivity contribution in [2.24, 2.45) is 5.41 Å². The molecular weight excluding hydrogens is 444 g/mol. The van der Waals surface area contributed by atoms with E-state index in [1.165, 1.54) is 37.7 Å². The van der Waals surface area contributed by atoms with Crippen LogP contribution in [0.5, 0.6) is 5.75 Å². The summed E-state index contributed by atoms with van der Waals surface area (Å²) in [5.74, 6) is 1.19. The highest BCUT2D eigenvalue weighted by molar-refractivity contribution is 6.30. The van der Waals surface area contributed by atoms with E-state index >= 15 is 0 Å². The molecule has 2 aliphatic heterocycles. The Bertz CT molecular complexity index is 922. The van der Waals surface area contributed by atoms with Crippen molar-refractivity contribution in [3.63, 3.8) is 0 Å². The van der Waals surface area contributed by atoms with Gasteiger partial charge in [-0.2, -0.15) is 0 Å². The number of fused-ring (bicyclic) bond motifs is 1. The maximum atomic E-state index is 13.1. The van der Waals surface area contributed by atoms with E-state index in [1.54, 1.807) is 12.1 Å². The second kappa shape index (κ2) is 12.1. The van der Waals surface area contributed by atoms with Gasteiger partial charge in [-0.3, -0.25) is 9.69 Å². The predicted octanol–water partition coefficient (Wildman–Crippen LogP) is 6.47. The Morgan fingerprint density at radius 2 is 1.76 bits per heavy atom. The zero-order valence-corrected chi connectivity index (χ0v) is 21.4. The third-order valence-corrected chi connectivity index (χ3v) is 7.88. The molecule has 2 aliphatic rings. The van der Waals surface area contributed by atoms with Crippen LogP contribution in [0.2, 0.25) is 5.02 Å². The van der Waals surface area contributed by atoms with E-state index in [4.69, 9.17) is 16.3 Å². The van der Waals surface area contributed by atoms with Crippen molar-refractivity contribution in [1.82, 2.24) is 9.80 Å². The van der Waals surface area contributed by atoms with Crippen LogP contribution in [-0.4, -0.2) is 55.0 Å². The largest absolute Gasteiger partial charge is 0.492 e. The van der Waals surface area contributed by atoms with Crippen molar-refractivity contribution >= 4 is 17.5 Å². The van der Waals surface area contributed by atoms with Gasteiger partial charge in [0.1, 0.15) is 12.4 Å². The number of ether oxygens (including phenoxy) is 1. The fourth-order valence-corrected chi connectivity index (χ4v) is 5.65. The standard InChI is InChI=1S/C29H39ClN2O2/c1-2-3-18-31-21-22-34-27-10-5-4-8-24(27)9-6-7-15-29(23-31)16-19-32(20-17-29)28(33)25-11-13-26(30)14-12-25/h4-5,8,10-14H,2-3,6-7,9,15-23H2,1H3. The van der Waals surface area contributed by atoms with Gasteiger partial charge in [-0.05, 0) is 86.4 Å². The number of piperidine rings is 1. The second-order valence-corrected chi connectivity index (χ2v) is 10.5. The van der Waals surface area contributed by atoms with E-state index in [-0.39, 0.29) is 11.3 Å². The van der Waals surface area contributed by atoms with Crippen LogP contribution in [0.3, 0.4) is 0 Å². The van der Waals surface area contributed by atoms with E-state index in [2.05, 4.69) is 36.1 Å². The van der Waals surface area contributed by atoms with Crippen molar-refractivity contribution in [2.75, 3.05) is 39.3 Å². The van der Waals surface area contributed by atoms with Crippen LogP contribution < -0.4 is 4.74 Å². The Balaban J connectivity index is 1.45. The highest BCUT2D eigenvalue weighted by atomic mass is 35.5. The highest BCUT2D eigenvalue weighted by Gasteiger charge is 2.37. The summed E-state index contributed by atoms with van der Waals surface area (Å²) >= 11 is 6.01. The summed E-state index contributed by atoms with van der Waals surface area (Å²) in [6, 6.07) is 15.8. The predicted molar refractivity (Wildman–Crippen MR) is 140 cm³/mol. The first-order valence-corrected chi connectivity index (χ1v) is 13.4. The van der Waals surface area contributed by atoms with Crippen LogP contribution in [0.1, 0.15) is 67.8 Å². The molecule has 184 valence electrons. The molecule has 34 heavy (non-hydrogen) atoms. The lowest BCUT2D eigenvalue weighted by atomic mass is 9.73. The molecule has 1 amide bonds. The molecule has 4 nitrogen and oxygen atoms in total. The normalized spacial score (nSPS) is 19.5. The molecule has 0 N–H and O–H groups in total. The van der Waals surface area contributed by atoms with Crippen molar-refractivity contribution in [3.8, 4) is 5.75 Å². The summed E-state index contributed by atoms with van der Waals surface area (Å²) in [4.78, 5) is 17.7. The van der Waals surface area contributed by atoms with Crippen molar-refractivity contribution < 1.29 is 9.53 Å². The first kappa shape index (κ1) is 25.1. The Kier molecular flexibility index (Phi) is 8.91. The summed E-state index contributed by atoms with van der Waals surface area (Å²) in [6.07, 6.45) is 9.30. The van der Waals surface area contributed by atoms with Gasteiger partial charge in [0.15, 0.2) is 0 Å². The number of hydrogen-bond acceptors (Lipinski definition) is 3.